The number of aliphatic hydroxyl groups excluding tert-OH is 1. The normalized spacial score (nSPS) is 18.2. The van der Waals surface area contributed by atoms with Gasteiger partial charge in [0.1, 0.15) is 23.6 Å². The van der Waals surface area contributed by atoms with Crippen LogP contribution in [0.3, 0.4) is 0 Å². The Kier molecular flexibility index (Phi) is 25.0. The summed E-state index contributed by atoms with van der Waals surface area (Å²) >= 11 is 7.84. The van der Waals surface area contributed by atoms with Crippen molar-refractivity contribution in [3.8, 4) is 10.4 Å². The highest BCUT2D eigenvalue weighted by Gasteiger charge is 2.44. The van der Waals surface area contributed by atoms with E-state index in [1.807, 2.05) is 98.9 Å². The number of nitrogens with one attached hydrogen (secondary N) is 2. The van der Waals surface area contributed by atoms with Gasteiger partial charge in [0.05, 0.1) is 118 Å². The molecular weight excluding hydrogens is 1140 g/mol. The Morgan fingerprint density at radius 3 is 2.05 bits per heavy atom. The van der Waals surface area contributed by atoms with Gasteiger partial charge in [-0.15, -0.1) is 11.3 Å². The Labute approximate surface area is 514 Å². The third kappa shape index (κ3) is 19.1. The van der Waals surface area contributed by atoms with Gasteiger partial charge in [0, 0.05) is 95.2 Å². The fourth-order valence-electron chi connectivity index (χ4n) is 11.3. The van der Waals surface area contributed by atoms with Crippen LogP contribution in [0.5, 0.6) is 0 Å². The van der Waals surface area contributed by atoms with E-state index in [-0.39, 0.29) is 80.6 Å². The van der Waals surface area contributed by atoms with Gasteiger partial charge in [-0.2, -0.15) is 0 Å². The first kappa shape index (κ1) is 66.2. The van der Waals surface area contributed by atoms with Crippen LogP contribution in [0.15, 0.2) is 72.6 Å². The van der Waals surface area contributed by atoms with Gasteiger partial charge in [0.15, 0.2) is 5.78 Å². The summed E-state index contributed by atoms with van der Waals surface area (Å²) in [5, 5.41) is 15.5. The van der Waals surface area contributed by atoms with Crippen LogP contribution in [-0.4, -0.2) is 205 Å². The Bertz CT molecular complexity index is 2960. The van der Waals surface area contributed by atoms with E-state index >= 15 is 0 Å². The molecule has 0 aliphatic carbocycles. The van der Waals surface area contributed by atoms with E-state index in [0.717, 1.165) is 63.7 Å². The molecule has 86 heavy (non-hydrogen) atoms. The molecule has 3 saturated heterocycles. The minimum Gasteiger partial charge on any atom is -0.391 e. The zero-order chi connectivity index (χ0) is 61.1. The number of aryl methyl sites for hydroxylation is 2. The van der Waals surface area contributed by atoms with E-state index in [9.17, 15) is 29.1 Å². The number of piperidine rings is 1. The molecule has 5 N–H and O–H groups in total. The van der Waals surface area contributed by atoms with Gasteiger partial charge in [-0.3, -0.25) is 28.9 Å². The lowest BCUT2D eigenvalue weighted by atomic mass is 9.76. The van der Waals surface area contributed by atoms with Crippen LogP contribution < -0.4 is 16.0 Å². The molecule has 2 aromatic carbocycles. The molecule has 3 aliphatic rings. The fourth-order valence-corrected chi connectivity index (χ4v) is 12.2. The molecule has 21 nitrogen and oxygen atoms in total. The second-order valence-corrected chi connectivity index (χ2v) is 25.0. The maximum atomic E-state index is 14.1. The smallest absolute Gasteiger partial charge is 0.240 e. The first-order valence-electron chi connectivity index (χ1n) is 30.3. The van der Waals surface area contributed by atoms with Crippen molar-refractivity contribution in [3.05, 3.63) is 94.5 Å². The van der Waals surface area contributed by atoms with Gasteiger partial charge in [-0.1, -0.05) is 68.8 Å². The van der Waals surface area contributed by atoms with Gasteiger partial charge < -0.3 is 59.5 Å². The van der Waals surface area contributed by atoms with Crippen molar-refractivity contribution in [1.82, 2.24) is 40.0 Å². The molecule has 4 atom stereocenters. The highest BCUT2D eigenvalue weighted by Crippen LogP contribution is 2.35. The molecule has 5 aromatic rings. The number of aromatic nitrogens is 4. The molecule has 3 fully saturated rings. The number of aliphatic hydroxyl groups is 1. The molecule has 1 unspecified atom stereocenters. The van der Waals surface area contributed by atoms with Gasteiger partial charge in [0.25, 0.3) is 0 Å². The lowest BCUT2D eigenvalue weighted by Crippen LogP contribution is -2.60. The number of β-amino-alcohol motifs (C(OH)–C–C–N with tert-alkyl or cyclic N) is 1. The highest BCUT2D eigenvalue weighted by molar-refractivity contribution is 7.13. The molecule has 468 valence electrons. The zero-order valence-electron chi connectivity index (χ0n) is 50.4. The number of H-pyrrole nitrogens is 1. The quantitative estimate of drug-likeness (QED) is 0.0332. The summed E-state index contributed by atoms with van der Waals surface area (Å²) in [5.74, 6) is -0.419. The number of carbonyl (C=O) groups excluding carboxylic acids is 5. The van der Waals surface area contributed by atoms with Gasteiger partial charge in [-0.05, 0) is 72.9 Å². The average molecular weight is 1230 g/mol. The Morgan fingerprint density at radius 1 is 0.802 bits per heavy atom. The number of carbonyl (C=O) groups is 5. The van der Waals surface area contributed by atoms with Crippen LogP contribution in [0.1, 0.15) is 95.0 Å². The van der Waals surface area contributed by atoms with Crippen molar-refractivity contribution in [2.45, 2.75) is 109 Å². The third-order valence-corrected chi connectivity index (χ3v) is 17.8. The van der Waals surface area contributed by atoms with Gasteiger partial charge >= 0.3 is 0 Å². The topological polar surface area (TPSA) is 257 Å². The lowest BCUT2D eigenvalue weighted by molar-refractivity contribution is -0.146. The second kappa shape index (κ2) is 32.4. The summed E-state index contributed by atoms with van der Waals surface area (Å²) in [6, 6.07) is 16.6. The number of ether oxygens (including phenoxy) is 5. The van der Waals surface area contributed by atoms with Crippen LogP contribution >= 0.6 is 22.9 Å². The maximum absolute atomic E-state index is 14.1. The number of thiazole rings is 1. The first-order chi connectivity index (χ1) is 41.5. The van der Waals surface area contributed by atoms with E-state index < -0.39 is 29.0 Å². The number of ketones is 2. The molecule has 23 heteroatoms. The van der Waals surface area contributed by atoms with Crippen molar-refractivity contribution in [1.29, 1.82) is 0 Å². The van der Waals surface area contributed by atoms with Crippen LogP contribution in [0.2, 0.25) is 5.02 Å². The SMILES string of the molecule is Cc1ncsc1-c1ccc(CCC(=O)C2C[C@@H](O)CN2C(=O)[C@@H](CC(=O)CCOCCOCCOCCOCCOCCC(=O)N2CCN(CC[C@H](NC(=O)C3(N)CCN(c4ncnc5[nH]ccc45)CC3)c3ccc(Cl)cc3)CC2)C(C)(C)C)cc1. The number of rotatable bonds is 33. The van der Waals surface area contributed by atoms with Crippen LogP contribution in [0, 0.1) is 18.3 Å². The summed E-state index contributed by atoms with van der Waals surface area (Å²) in [6.07, 6.45) is 5.60. The number of nitrogens with zero attached hydrogens (tertiary/aromatic N) is 7. The number of benzene rings is 2. The van der Waals surface area contributed by atoms with Crippen LogP contribution in [0.4, 0.5) is 5.82 Å². The molecule has 3 amide bonds. The molecule has 0 saturated carbocycles. The number of nitrogens with two attached hydrogens (primary N) is 1. The molecular formula is C63H87ClN10O11S. The molecule has 8 rings (SSSR count). The summed E-state index contributed by atoms with van der Waals surface area (Å²) in [7, 11) is 0. The third-order valence-electron chi connectivity index (χ3n) is 16.6. The number of hydrogen-bond acceptors (Lipinski definition) is 18. The minimum absolute atomic E-state index is 0.0161. The van der Waals surface area contributed by atoms with Crippen molar-refractivity contribution in [3.63, 3.8) is 0 Å². The van der Waals surface area contributed by atoms with Crippen molar-refractivity contribution in [2.24, 2.45) is 17.1 Å². The Morgan fingerprint density at radius 2 is 1.43 bits per heavy atom. The molecule has 3 aliphatic heterocycles. The van der Waals surface area contributed by atoms with Crippen LogP contribution in [0.25, 0.3) is 21.5 Å². The summed E-state index contributed by atoms with van der Waals surface area (Å²) < 4.78 is 28.2. The molecule has 0 radical (unpaired) electrons. The number of hydrogen-bond donors (Lipinski definition) is 4. The number of anilines is 1. The lowest BCUT2D eigenvalue weighted by Gasteiger charge is -2.39. The van der Waals surface area contributed by atoms with Crippen molar-refractivity contribution >= 4 is 69.1 Å². The Hall–Kier alpha value is -5.79. The summed E-state index contributed by atoms with van der Waals surface area (Å²) in [6.45, 7) is 15.8. The number of fused-ring (bicyclic) bond motifs is 1. The highest BCUT2D eigenvalue weighted by atomic mass is 35.5. The molecule has 0 bridgehead atoms. The maximum Gasteiger partial charge on any atom is 0.240 e. The molecule has 0 spiro atoms. The largest absolute Gasteiger partial charge is 0.391 e. The van der Waals surface area contributed by atoms with Crippen molar-refractivity contribution in [2.75, 3.05) is 123 Å². The fraction of sp³-hybridized carbons (Fsp3) is 0.587. The number of amides is 3. The monoisotopic (exact) mass is 1230 g/mol. The predicted octanol–water partition coefficient (Wildman–Crippen LogP) is 6.38. The number of piperazine rings is 1. The predicted molar refractivity (Wildman–Crippen MR) is 330 cm³/mol. The van der Waals surface area contributed by atoms with E-state index in [1.54, 1.807) is 17.7 Å². The number of Topliss-reactive ketones (excluding diaryl/α,β-unsaturated/α-hetero) is 2. The molecule has 6 heterocycles. The van der Waals surface area contributed by atoms with Gasteiger partial charge in [0.2, 0.25) is 17.7 Å². The van der Waals surface area contributed by atoms with Crippen LogP contribution in [-0.2, 0) is 54.1 Å². The van der Waals surface area contributed by atoms with E-state index in [1.165, 1.54) is 4.90 Å². The average Bonchev–Trinajstić information content (AvgIpc) is 4.31. The molecule has 3 aromatic heterocycles. The first-order valence-corrected chi connectivity index (χ1v) is 31.5. The minimum atomic E-state index is -1.03. The van der Waals surface area contributed by atoms with Crippen molar-refractivity contribution < 1.29 is 52.8 Å². The zero-order valence-corrected chi connectivity index (χ0v) is 51.9. The standard InChI is InChI=1S/C63H87ClN10O11S/c1-44-57(86-43-69-44)47-8-5-45(6-9-47)7-14-55(77)54-40-50(76)41-74(54)60(79)52(62(2,3)4)39-49(75)17-29-81-31-33-83-35-37-85-38-36-84-34-32-82-30-18-56(78)72-27-25-71(26-28-72)22-16-53(46-10-12-48(64)13-11-46)70-61(80)63(65)19-23-73(24-20-63)59-51-15-21-66-58(51)67-42-68-59/h5-6,8-13,15,21,42-43,50,52-54,76H,7,14,16-20,22-41,65H2,1-4H3,(H,70,80)(H,66,67,68)/t50-,52-,53+,54?/m1/s1. The van der Waals surface area contributed by atoms with E-state index in [4.69, 9.17) is 41.0 Å². The number of halogens is 1. The van der Waals surface area contributed by atoms with E-state index in [0.29, 0.717) is 116 Å². The van der Waals surface area contributed by atoms with E-state index in [2.05, 4.69) is 35.1 Å². The van der Waals surface area contributed by atoms with Gasteiger partial charge in [-0.25, -0.2) is 15.0 Å². The number of likely N-dealkylation sites (tertiary alicyclic amines) is 1. The summed E-state index contributed by atoms with van der Waals surface area (Å²) in [4.78, 5) is 93.1. The summed E-state index contributed by atoms with van der Waals surface area (Å²) in [5.41, 5.74) is 11.9. The Balaban J connectivity index is 0.615. The second-order valence-electron chi connectivity index (χ2n) is 23.7. The number of aromatic amines is 1.